The minimum atomic E-state index is 0. The van der Waals surface area contributed by atoms with Gasteiger partial charge in [-0.25, -0.2) is 0 Å². The Labute approximate surface area is 81.5 Å². The Morgan fingerprint density at radius 1 is 1.18 bits per heavy atom. The second kappa shape index (κ2) is 13.1. The molecule has 0 unspecified atom stereocenters. The number of nitrogens with zero attached hydrogens (tertiary/aromatic N) is 1. The van der Waals surface area contributed by atoms with Crippen LogP contribution in [0.1, 0.15) is 13.8 Å². The third-order valence-corrected chi connectivity index (χ3v) is 1.47. The highest BCUT2D eigenvalue weighted by atomic mass is 35.5. The average molecular weight is 204 g/mol. The molecule has 0 amide bonds. The van der Waals surface area contributed by atoms with Gasteiger partial charge < -0.3 is 4.90 Å². The van der Waals surface area contributed by atoms with E-state index in [4.69, 9.17) is 5.84 Å². The zero-order chi connectivity index (χ0) is 7.11. The molecule has 0 fully saturated rings. The first-order chi connectivity index (χ1) is 4.35. The van der Waals surface area contributed by atoms with E-state index in [2.05, 4.69) is 24.2 Å². The molecule has 3 N–H and O–H groups in total. The number of nitrogens with two attached hydrogens (primary N) is 1. The van der Waals surface area contributed by atoms with Crippen molar-refractivity contribution in [3.8, 4) is 0 Å². The zero-order valence-corrected chi connectivity index (χ0v) is 8.80. The maximum Gasteiger partial charge on any atom is 0.0225 e. The molecule has 0 heterocycles. The van der Waals surface area contributed by atoms with E-state index in [-0.39, 0.29) is 24.8 Å². The summed E-state index contributed by atoms with van der Waals surface area (Å²) in [5, 5.41) is 0. The van der Waals surface area contributed by atoms with Crippen LogP contribution in [0.2, 0.25) is 0 Å². The van der Waals surface area contributed by atoms with Crippen molar-refractivity contribution in [2.24, 2.45) is 5.84 Å². The van der Waals surface area contributed by atoms with Crippen LogP contribution >= 0.6 is 24.8 Å². The Morgan fingerprint density at radius 2 is 1.64 bits per heavy atom. The van der Waals surface area contributed by atoms with Gasteiger partial charge >= 0.3 is 0 Å². The third kappa shape index (κ3) is 10.5. The van der Waals surface area contributed by atoms with Crippen molar-refractivity contribution in [2.75, 3.05) is 26.2 Å². The van der Waals surface area contributed by atoms with Gasteiger partial charge in [0, 0.05) is 13.1 Å². The quantitative estimate of drug-likeness (QED) is 0.510. The zero-order valence-electron chi connectivity index (χ0n) is 7.17. The molecule has 72 valence electrons. The average Bonchev–Trinajstić information content (AvgIpc) is 1.91. The molecule has 0 rings (SSSR count). The first-order valence-corrected chi connectivity index (χ1v) is 3.51. The van der Waals surface area contributed by atoms with Gasteiger partial charge in [-0.3, -0.25) is 11.3 Å². The van der Waals surface area contributed by atoms with Crippen molar-refractivity contribution in [1.29, 1.82) is 0 Å². The Hall–Kier alpha value is 0.460. The fourth-order valence-corrected chi connectivity index (χ4v) is 0.762. The number of nitrogens with one attached hydrogen (secondary N) is 1. The Kier molecular flexibility index (Phi) is 20.8. The van der Waals surface area contributed by atoms with Crippen molar-refractivity contribution in [3.05, 3.63) is 0 Å². The first kappa shape index (κ1) is 17.5. The van der Waals surface area contributed by atoms with Crippen molar-refractivity contribution in [1.82, 2.24) is 10.3 Å². The highest BCUT2D eigenvalue weighted by molar-refractivity contribution is 5.85. The molecule has 0 aromatic rings. The maximum absolute atomic E-state index is 5.11. The Balaban J connectivity index is -0.000000320. The summed E-state index contributed by atoms with van der Waals surface area (Å²) in [6, 6.07) is 0. The molecular formula is C6H19Cl2N3. The summed E-state index contributed by atoms with van der Waals surface area (Å²) in [7, 11) is 0. The van der Waals surface area contributed by atoms with Crippen LogP contribution in [0.5, 0.6) is 0 Å². The van der Waals surface area contributed by atoms with E-state index in [0.29, 0.717) is 0 Å². The second-order valence-electron chi connectivity index (χ2n) is 1.98. The minimum Gasteiger partial charge on any atom is -0.303 e. The van der Waals surface area contributed by atoms with Crippen molar-refractivity contribution in [3.63, 3.8) is 0 Å². The van der Waals surface area contributed by atoms with Gasteiger partial charge in [-0.05, 0) is 13.1 Å². The van der Waals surface area contributed by atoms with Crippen LogP contribution in [0.15, 0.2) is 0 Å². The topological polar surface area (TPSA) is 41.3 Å². The summed E-state index contributed by atoms with van der Waals surface area (Å²) in [6.45, 7) is 8.45. The SMILES string of the molecule is CCN(CC)CCNN.Cl.Cl. The van der Waals surface area contributed by atoms with Crippen LogP contribution in [-0.4, -0.2) is 31.1 Å². The molecule has 0 bridgehead atoms. The van der Waals surface area contributed by atoms with Gasteiger partial charge in [0.1, 0.15) is 0 Å². The lowest BCUT2D eigenvalue weighted by molar-refractivity contribution is 0.303. The molecule has 0 aromatic carbocycles. The van der Waals surface area contributed by atoms with Crippen LogP contribution in [0.25, 0.3) is 0 Å². The molecule has 0 radical (unpaired) electrons. The molecule has 0 aromatic heterocycles. The van der Waals surface area contributed by atoms with Gasteiger partial charge in [-0.1, -0.05) is 13.8 Å². The first-order valence-electron chi connectivity index (χ1n) is 3.51. The van der Waals surface area contributed by atoms with Crippen LogP contribution in [0.3, 0.4) is 0 Å². The lowest BCUT2D eigenvalue weighted by Crippen LogP contribution is -2.34. The van der Waals surface area contributed by atoms with Crippen molar-refractivity contribution in [2.45, 2.75) is 13.8 Å². The van der Waals surface area contributed by atoms with E-state index in [1.54, 1.807) is 0 Å². The van der Waals surface area contributed by atoms with E-state index < -0.39 is 0 Å². The van der Waals surface area contributed by atoms with E-state index in [0.717, 1.165) is 26.2 Å². The molecule has 5 heteroatoms. The molecule has 0 aliphatic heterocycles. The van der Waals surface area contributed by atoms with E-state index in [1.165, 1.54) is 0 Å². The summed E-state index contributed by atoms with van der Waals surface area (Å²) in [4.78, 5) is 2.32. The van der Waals surface area contributed by atoms with Crippen molar-refractivity contribution >= 4 is 24.8 Å². The van der Waals surface area contributed by atoms with Crippen LogP contribution in [0, 0.1) is 0 Å². The molecule has 0 aliphatic rings. The number of hydrazine groups is 1. The number of likely N-dealkylation sites (N-methyl/N-ethyl adjacent to an activating group) is 1. The van der Waals surface area contributed by atoms with Gasteiger partial charge in [0.2, 0.25) is 0 Å². The van der Waals surface area contributed by atoms with Crippen molar-refractivity contribution < 1.29 is 0 Å². The van der Waals surface area contributed by atoms with Gasteiger partial charge in [0.05, 0.1) is 0 Å². The number of hydrogen-bond donors (Lipinski definition) is 2. The Morgan fingerprint density at radius 3 is 1.91 bits per heavy atom. The van der Waals surface area contributed by atoms with E-state index >= 15 is 0 Å². The molecule has 11 heavy (non-hydrogen) atoms. The summed E-state index contributed by atoms with van der Waals surface area (Å²) in [5.41, 5.74) is 2.63. The minimum absolute atomic E-state index is 0. The largest absolute Gasteiger partial charge is 0.303 e. The predicted octanol–water partition coefficient (Wildman–Crippen LogP) is 0.635. The van der Waals surface area contributed by atoms with Gasteiger partial charge in [0.25, 0.3) is 0 Å². The standard InChI is InChI=1S/C6H17N3.2ClH/c1-3-9(4-2)6-5-8-7;;/h8H,3-7H2,1-2H3;2*1H. The fourth-order valence-electron chi connectivity index (χ4n) is 0.762. The van der Waals surface area contributed by atoms with Gasteiger partial charge in [0.15, 0.2) is 0 Å². The van der Waals surface area contributed by atoms with E-state index in [1.807, 2.05) is 0 Å². The summed E-state index contributed by atoms with van der Waals surface area (Å²) in [6.07, 6.45) is 0. The van der Waals surface area contributed by atoms with E-state index in [9.17, 15) is 0 Å². The third-order valence-electron chi connectivity index (χ3n) is 1.47. The lowest BCUT2D eigenvalue weighted by atomic mass is 10.5. The monoisotopic (exact) mass is 203 g/mol. The smallest absolute Gasteiger partial charge is 0.0225 e. The highest BCUT2D eigenvalue weighted by Gasteiger charge is 1.94. The Bertz CT molecular complexity index is 59.8. The summed E-state index contributed by atoms with van der Waals surface area (Å²) in [5.74, 6) is 5.11. The number of hydrogen-bond acceptors (Lipinski definition) is 3. The molecule has 0 saturated carbocycles. The molecule has 0 aliphatic carbocycles. The maximum atomic E-state index is 5.11. The summed E-state index contributed by atoms with van der Waals surface area (Å²) < 4.78 is 0. The molecule has 0 atom stereocenters. The molecule has 0 saturated heterocycles. The second-order valence-corrected chi connectivity index (χ2v) is 1.98. The van der Waals surface area contributed by atoms with Crippen LogP contribution in [-0.2, 0) is 0 Å². The van der Waals surface area contributed by atoms with Crippen LogP contribution in [0.4, 0.5) is 0 Å². The number of halogens is 2. The lowest BCUT2D eigenvalue weighted by Gasteiger charge is -2.16. The van der Waals surface area contributed by atoms with Crippen LogP contribution < -0.4 is 11.3 Å². The number of rotatable bonds is 5. The normalized spacial score (nSPS) is 8.73. The highest BCUT2D eigenvalue weighted by Crippen LogP contribution is 1.82. The predicted molar refractivity (Wildman–Crippen MR) is 54.5 cm³/mol. The summed E-state index contributed by atoms with van der Waals surface area (Å²) >= 11 is 0. The fraction of sp³-hybridized carbons (Fsp3) is 1.00. The molecule has 3 nitrogen and oxygen atoms in total. The van der Waals surface area contributed by atoms with Gasteiger partial charge in [-0.2, -0.15) is 0 Å². The van der Waals surface area contributed by atoms with Gasteiger partial charge in [-0.15, -0.1) is 24.8 Å². The molecule has 0 spiro atoms. The molecular weight excluding hydrogens is 185 g/mol.